The van der Waals surface area contributed by atoms with Crippen LogP contribution in [0.2, 0.25) is 0 Å². The summed E-state index contributed by atoms with van der Waals surface area (Å²) >= 11 is 0. The molecule has 69 heavy (non-hydrogen) atoms. The Kier molecular flexibility index (Phi) is 18.2. The van der Waals surface area contributed by atoms with E-state index in [4.69, 9.17) is 17.2 Å². The van der Waals surface area contributed by atoms with E-state index in [-0.39, 0.29) is 70.8 Å². The maximum Gasteiger partial charge on any atom is 0.246 e. The largest absolute Gasteiger partial charge is 0.370 e. The summed E-state index contributed by atoms with van der Waals surface area (Å²) in [5.74, 6) is -5.29. The van der Waals surface area contributed by atoms with Gasteiger partial charge in [0.2, 0.25) is 47.3 Å². The molecule has 0 saturated carbocycles. The average Bonchev–Trinajstić information content (AvgIpc) is 4.05. The Morgan fingerprint density at radius 3 is 1.67 bits per heavy atom. The number of hydrogen-bond donors (Lipinski definition) is 8. The molecular formula is C49H64N12O8. The van der Waals surface area contributed by atoms with Crippen molar-refractivity contribution in [3.05, 3.63) is 108 Å². The topological polar surface area (TPSA) is 297 Å². The zero-order valence-electron chi connectivity index (χ0n) is 38.9. The minimum absolute atomic E-state index is 0.00546. The summed E-state index contributed by atoms with van der Waals surface area (Å²) in [4.78, 5) is 123. The predicted molar refractivity (Wildman–Crippen MR) is 256 cm³/mol. The van der Waals surface area contributed by atoms with Crippen LogP contribution in [0, 0.1) is 0 Å². The Labute approximate surface area is 401 Å². The second kappa shape index (κ2) is 24.6. The number of aliphatic imine (C=N–C) groups is 1. The van der Waals surface area contributed by atoms with E-state index in [9.17, 15) is 38.4 Å². The molecule has 0 spiro atoms. The molecule has 0 aromatic heterocycles. The molecule has 3 aliphatic rings. The molecule has 3 heterocycles. The maximum absolute atomic E-state index is 14.9. The van der Waals surface area contributed by atoms with Gasteiger partial charge < -0.3 is 58.5 Å². The van der Waals surface area contributed by atoms with Crippen molar-refractivity contribution >= 4 is 53.2 Å². The molecule has 11 N–H and O–H groups in total. The summed E-state index contributed by atoms with van der Waals surface area (Å²) in [7, 11) is 0. The van der Waals surface area contributed by atoms with Gasteiger partial charge in [-0.15, -0.1) is 0 Å². The van der Waals surface area contributed by atoms with Crippen LogP contribution in [-0.2, 0) is 57.7 Å². The molecule has 0 radical (unpaired) electrons. The number of benzene rings is 3. The lowest BCUT2D eigenvalue weighted by molar-refractivity contribution is -0.148. The lowest BCUT2D eigenvalue weighted by Crippen LogP contribution is -2.61. The number of carbonyl (C=O) groups is 8. The van der Waals surface area contributed by atoms with E-state index in [1.807, 2.05) is 6.07 Å². The van der Waals surface area contributed by atoms with Gasteiger partial charge in [0.15, 0.2) is 5.96 Å². The molecule has 7 atom stereocenters. The van der Waals surface area contributed by atoms with Crippen molar-refractivity contribution in [3.8, 4) is 0 Å². The molecule has 6 rings (SSSR count). The fraction of sp³-hybridized carbons (Fsp3) is 0.449. The molecular weight excluding hydrogens is 885 g/mol. The summed E-state index contributed by atoms with van der Waals surface area (Å²) in [6.07, 6.45) is 1.91. The number of fused-ring (bicyclic) bond motifs is 2. The third-order valence-corrected chi connectivity index (χ3v) is 12.5. The predicted octanol–water partition coefficient (Wildman–Crippen LogP) is -1.05. The fourth-order valence-corrected chi connectivity index (χ4v) is 8.95. The minimum Gasteiger partial charge on any atom is -0.370 e. The second-order valence-electron chi connectivity index (χ2n) is 17.7. The van der Waals surface area contributed by atoms with Crippen LogP contribution in [-0.4, -0.2) is 143 Å². The lowest BCUT2D eigenvalue weighted by atomic mass is 10.0. The van der Waals surface area contributed by atoms with Crippen molar-refractivity contribution in [2.75, 3.05) is 32.7 Å². The molecule has 3 aliphatic heterocycles. The van der Waals surface area contributed by atoms with Crippen molar-refractivity contribution < 1.29 is 38.4 Å². The Hall–Kier alpha value is -7.35. The summed E-state index contributed by atoms with van der Waals surface area (Å²) in [6.45, 7) is 0.971. The van der Waals surface area contributed by atoms with Crippen LogP contribution >= 0.6 is 0 Å². The van der Waals surface area contributed by atoms with Crippen LogP contribution in [0.4, 0.5) is 0 Å². The Balaban J connectivity index is 1.37. The van der Waals surface area contributed by atoms with Crippen LogP contribution in [0.25, 0.3) is 0 Å². The van der Waals surface area contributed by atoms with Crippen LogP contribution < -0.4 is 43.8 Å². The van der Waals surface area contributed by atoms with Gasteiger partial charge in [0.1, 0.15) is 42.3 Å². The standard InChI is InChI=1S/C49H64N12O8/c1-31-42(63)57-37(27-33-16-7-3-8-17-33)47(68)61-25-13-22-40(61)48(69)60-24-12-21-39(60)45(66)56-35(20-11-23-53-49(51)52)43(64)58-36(26-32-14-5-2-6-15-32)46(67)59(29-34-18-9-4-10-19-34)30-41(62)55-38(28-50)44(65)54-31/h2-10,14-19,31,35-40H,11-13,20-30,50H2,1H3,(H,54,65)(H,55,62)(H,56,66)(H,57,63)(H,58,64)(H4,51,52,53)/t31-,35-,36-,37-,38-,39-,40+/m0/s1. The third-order valence-electron chi connectivity index (χ3n) is 12.5. The Bertz CT molecular complexity index is 2320. The first-order valence-corrected chi connectivity index (χ1v) is 23.5. The van der Waals surface area contributed by atoms with Crippen molar-refractivity contribution in [3.63, 3.8) is 0 Å². The number of nitrogens with two attached hydrogens (primary N) is 3. The maximum atomic E-state index is 14.9. The molecule has 3 saturated heterocycles. The van der Waals surface area contributed by atoms with Gasteiger partial charge >= 0.3 is 0 Å². The second-order valence-corrected chi connectivity index (χ2v) is 17.7. The first-order valence-electron chi connectivity index (χ1n) is 23.5. The van der Waals surface area contributed by atoms with E-state index in [0.29, 0.717) is 30.4 Å². The Morgan fingerprint density at radius 2 is 1.09 bits per heavy atom. The number of guanidine groups is 1. The van der Waals surface area contributed by atoms with Crippen molar-refractivity contribution in [2.24, 2.45) is 22.2 Å². The van der Waals surface area contributed by atoms with Crippen molar-refractivity contribution in [1.29, 1.82) is 0 Å². The monoisotopic (exact) mass is 948 g/mol. The smallest absolute Gasteiger partial charge is 0.246 e. The van der Waals surface area contributed by atoms with Gasteiger partial charge in [-0.05, 0) is 62.1 Å². The van der Waals surface area contributed by atoms with Gasteiger partial charge in [-0.2, -0.15) is 0 Å². The van der Waals surface area contributed by atoms with Crippen molar-refractivity contribution in [1.82, 2.24) is 41.3 Å². The van der Waals surface area contributed by atoms with Gasteiger partial charge in [0.25, 0.3) is 0 Å². The van der Waals surface area contributed by atoms with Crippen LogP contribution in [0.3, 0.4) is 0 Å². The van der Waals surface area contributed by atoms with E-state index < -0.39 is 96.1 Å². The molecule has 0 aliphatic carbocycles. The summed E-state index contributed by atoms with van der Waals surface area (Å²) in [5.41, 5.74) is 19.2. The minimum atomic E-state index is -1.34. The van der Waals surface area contributed by atoms with Crippen LogP contribution in [0.1, 0.15) is 62.1 Å². The zero-order chi connectivity index (χ0) is 49.5. The first kappa shape index (κ1) is 51.0. The van der Waals surface area contributed by atoms with E-state index in [0.717, 1.165) is 5.56 Å². The summed E-state index contributed by atoms with van der Waals surface area (Å²) in [5, 5.41) is 13.7. The van der Waals surface area contributed by atoms with Crippen molar-refractivity contribution in [2.45, 2.75) is 107 Å². The Morgan fingerprint density at radius 1 is 0.580 bits per heavy atom. The highest BCUT2D eigenvalue weighted by molar-refractivity contribution is 5.99. The SMILES string of the molecule is C[C@@H]1NC(=O)[C@H](CN)NC(=O)CN(Cc2ccccc2)C(=O)[C@H](Cc2ccccc2)NC(=O)[C@H](CCCN=C(N)N)NC(=O)[C@@H]2CCCN2C(=O)[C@H]2CCCN2C(=O)[C@H](Cc2ccccc2)NC1=O. The third kappa shape index (κ3) is 14.1. The number of nitrogens with zero attached hydrogens (tertiary/aromatic N) is 4. The average molecular weight is 949 g/mol. The molecule has 0 unspecified atom stereocenters. The molecule has 0 bridgehead atoms. The normalized spacial score (nSPS) is 24.8. The van der Waals surface area contributed by atoms with E-state index in [1.54, 1.807) is 84.9 Å². The summed E-state index contributed by atoms with van der Waals surface area (Å²) < 4.78 is 0. The van der Waals surface area contributed by atoms with E-state index in [1.165, 1.54) is 21.6 Å². The highest BCUT2D eigenvalue weighted by Gasteiger charge is 2.44. The van der Waals surface area contributed by atoms with Crippen LogP contribution in [0.15, 0.2) is 96.0 Å². The molecule has 368 valence electrons. The number of amides is 8. The number of hydrogen-bond acceptors (Lipinski definition) is 10. The highest BCUT2D eigenvalue weighted by atomic mass is 16.2. The van der Waals surface area contributed by atoms with E-state index >= 15 is 0 Å². The van der Waals surface area contributed by atoms with Gasteiger partial charge in [0.05, 0.1) is 6.54 Å². The molecule has 3 fully saturated rings. The number of carbonyl (C=O) groups excluding carboxylic acids is 8. The quantitative estimate of drug-likeness (QED) is 0.0652. The van der Waals surface area contributed by atoms with E-state index in [2.05, 4.69) is 31.6 Å². The zero-order valence-corrected chi connectivity index (χ0v) is 38.9. The molecule has 20 heteroatoms. The molecule has 8 amide bonds. The molecule has 3 aromatic rings. The van der Waals surface area contributed by atoms with Gasteiger partial charge in [-0.25, -0.2) is 0 Å². The van der Waals surface area contributed by atoms with Gasteiger partial charge in [0, 0.05) is 45.6 Å². The number of rotatable bonds is 11. The lowest BCUT2D eigenvalue weighted by Gasteiger charge is -2.34. The van der Waals surface area contributed by atoms with Crippen LogP contribution in [0.5, 0.6) is 0 Å². The molecule has 20 nitrogen and oxygen atoms in total. The first-order chi connectivity index (χ1) is 33.2. The summed E-state index contributed by atoms with van der Waals surface area (Å²) in [6, 6.07) is 18.7. The highest BCUT2D eigenvalue weighted by Crippen LogP contribution is 2.26. The van der Waals surface area contributed by atoms with Gasteiger partial charge in [-0.1, -0.05) is 91.0 Å². The fourth-order valence-electron chi connectivity index (χ4n) is 8.95. The number of nitrogens with one attached hydrogen (secondary N) is 5. The molecule has 3 aromatic carbocycles. The van der Waals surface area contributed by atoms with Gasteiger partial charge in [-0.3, -0.25) is 43.3 Å².